The van der Waals surface area contributed by atoms with Crippen molar-refractivity contribution in [3.8, 4) is 5.88 Å². The van der Waals surface area contributed by atoms with E-state index < -0.39 is 41.5 Å². The van der Waals surface area contributed by atoms with Crippen LogP contribution in [0.3, 0.4) is 0 Å². The lowest BCUT2D eigenvalue weighted by Gasteiger charge is -2.32. The molecule has 0 aliphatic carbocycles. The van der Waals surface area contributed by atoms with Gasteiger partial charge in [-0.1, -0.05) is 6.92 Å². The molecule has 0 N–H and O–H groups in total. The second-order valence-corrected chi connectivity index (χ2v) is 5.99. The molecule has 1 unspecified atom stereocenters. The number of hydrogen-bond acceptors (Lipinski definition) is 5. The maximum Gasteiger partial charge on any atom is 0.428 e. The van der Waals surface area contributed by atoms with E-state index in [4.69, 9.17) is 14.2 Å². The van der Waals surface area contributed by atoms with Gasteiger partial charge in [-0.2, -0.15) is 13.2 Å². The molecule has 0 saturated heterocycles. The minimum atomic E-state index is -4.81. The van der Waals surface area contributed by atoms with Crippen molar-refractivity contribution in [2.45, 2.75) is 39.0 Å². The lowest BCUT2D eigenvalue weighted by atomic mass is 9.83. The number of carbonyl (C=O) groups excluding carboxylic acids is 1. The van der Waals surface area contributed by atoms with Gasteiger partial charge in [-0.25, -0.2) is 18.6 Å². The number of aromatic nitrogens is 1. The lowest BCUT2D eigenvalue weighted by Crippen LogP contribution is -2.47. The van der Waals surface area contributed by atoms with Gasteiger partial charge < -0.3 is 14.2 Å². The largest absolute Gasteiger partial charge is 0.481 e. The average Bonchev–Trinajstić information content (AvgIpc) is 2.87. The number of ether oxygens (including phenoxy) is 3. The number of methoxy groups -OCH3 is 1. The van der Waals surface area contributed by atoms with Gasteiger partial charge in [0.25, 0.3) is 6.43 Å². The third-order valence-electron chi connectivity index (χ3n) is 4.43. The topological polar surface area (TPSA) is 57.7 Å². The van der Waals surface area contributed by atoms with Crippen LogP contribution in [0.2, 0.25) is 0 Å². The third kappa shape index (κ3) is 3.57. The Hall–Kier alpha value is -2.39. The van der Waals surface area contributed by atoms with E-state index in [0.29, 0.717) is 0 Å². The Morgan fingerprint density at radius 1 is 1.37 bits per heavy atom. The molecule has 0 amide bonds. The van der Waals surface area contributed by atoms with Gasteiger partial charge in [0.05, 0.1) is 13.7 Å². The van der Waals surface area contributed by atoms with E-state index in [0.717, 1.165) is 26.2 Å². The zero-order chi connectivity index (χ0) is 20.6. The second kappa shape index (κ2) is 7.32. The van der Waals surface area contributed by atoms with Gasteiger partial charge in [0, 0.05) is 17.1 Å². The fourth-order valence-corrected chi connectivity index (χ4v) is 2.77. The maximum atomic E-state index is 13.6. The first-order chi connectivity index (χ1) is 12.5. The summed E-state index contributed by atoms with van der Waals surface area (Å²) in [6, 6.07) is 2.08. The summed E-state index contributed by atoms with van der Waals surface area (Å²) in [7, 11) is 1.13. The highest BCUT2D eigenvalue weighted by atomic mass is 19.4. The van der Waals surface area contributed by atoms with Crippen molar-refractivity contribution in [2.75, 3.05) is 13.7 Å². The summed E-state index contributed by atoms with van der Waals surface area (Å²) < 4.78 is 81.4. The predicted molar refractivity (Wildman–Crippen MR) is 84.0 cm³/mol. The van der Waals surface area contributed by atoms with Crippen LogP contribution in [-0.4, -0.2) is 36.4 Å². The molecule has 1 aliphatic rings. The molecule has 150 valence electrons. The van der Waals surface area contributed by atoms with Crippen molar-refractivity contribution in [1.82, 2.24) is 4.98 Å². The number of halogens is 5. The van der Waals surface area contributed by atoms with Gasteiger partial charge in [-0.05, 0) is 26.0 Å². The maximum absolute atomic E-state index is 13.6. The Labute approximate surface area is 152 Å². The summed E-state index contributed by atoms with van der Waals surface area (Å²) >= 11 is 0. The van der Waals surface area contributed by atoms with Crippen LogP contribution in [0.25, 0.3) is 5.57 Å². The number of rotatable bonds is 5. The van der Waals surface area contributed by atoms with Crippen LogP contribution in [0, 0.1) is 5.92 Å². The first-order valence-electron chi connectivity index (χ1n) is 7.98. The summed E-state index contributed by atoms with van der Waals surface area (Å²) in [6.07, 6.45) is -7.71. The first kappa shape index (κ1) is 20.9. The summed E-state index contributed by atoms with van der Waals surface area (Å²) in [4.78, 5) is 15.8. The summed E-state index contributed by atoms with van der Waals surface area (Å²) in [5.41, 5.74) is -3.54. The van der Waals surface area contributed by atoms with Gasteiger partial charge in [-0.3, -0.25) is 0 Å². The summed E-state index contributed by atoms with van der Waals surface area (Å²) in [5, 5.41) is 0. The van der Waals surface area contributed by atoms with Crippen LogP contribution in [0.5, 0.6) is 5.88 Å². The molecule has 10 heteroatoms. The van der Waals surface area contributed by atoms with Gasteiger partial charge in [0.1, 0.15) is 5.69 Å². The zero-order valence-corrected chi connectivity index (χ0v) is 15.0. The van der Waals surface area contributed by atoms with Gasteiger partial charge >= 0.3 is 12.1 Å². The van der Waals surface area contributed by atoms with E-state index in [1.165, 1.54) is 13.8 Å². The van der Waals surface area contributed by atoms with Gasteiger partial charge in [-0.15, -0.1) is 0 Å². The van der Waals surface area contributed by atoms with Crippen molar-refractivity contribution < 1.29 is 41.0 Å². The molecule has 2 heterocycles. The summed E-state index contributed by atoms with van der Waals surface area (Å²) in [5.74, 6) is -3.43. The Kier molecular flexibility index (Phi) is 5.67. The molecule has 0 radical (unpaired) electrons. The highest BCUT2D eigenvalue weighted by molar-refractivity contribution is 5.98. The Balaban J connectivity index is 2.68. The zero-order valence-electron chi connectivity index (χ0n) is 15.0. The highest BCUT2D eigenvalue weighted by Crippen LogP contribution is 2.53. The third-order valence-corrected chi connectivity index (χ3v) is 4.43. The van der Waals surface area contributed by atoms with E-state index in [1.807, 2.05) is 0 Å². The number of pyridine rings is 1. The smallest absolute Gasteiger partial charge is 0.428 e. The minimum Gasteiger partial charge on any atom is -0.481 e. The van der Waals surface area contributed by atoms with Crippen LogP contribution < -0.4 is 4.74 Å². The Morgan fingerprint density at radius 2 is 2.00 bits per heavy atom. The van der Waals surface area contributed by atoms with Crippen LogP contribution >= 0.6 is 0 Å². The molecular weight excluding hydrogens is 377 g/mol. The lowest BCUT2D eigenvalue weighted by molar-refractivity contribution is -0.262. The molecule has 1 aromatic heterocycles. The van der Waals surface area contributed by atoms with Gasteiger partial charge in [0.2, 0.25) is 17.2 Å². The molecule has 2 rings (SSSR count). The average molecular weight is 395 g/mol. The van der Waals surface area contributed by atoms with E-state index in [-0.39, 0.29) is 23.6 Å². The summed E-state index contributed by atoms with van der Waals surface area (Å²) in [6.45, 7) is 3.42. The SMILES string of the molecule is CCOC(=O)C1=C(c2ccc(C(F)F)nc2OC)[C@@H](C)C(C)(C(F)(F)F)O1. The molecule has 0 bridgehead atoms. The molecule has 0 aromatic carbocycles. The molecule has 27 heavy (non-hydrogen) atoms. The van der Waals surface area contributed by atoms with E-state index >= 15 is 0 Å². The fourth-order valence-electron chi connectivity index (χ4n) is 2.77. The van der Waals surface area contributed by atoms with Crippen molar-refractivity contribution in [3.05, 3.63) is 29.1 Å². The molecule has 1 aromatic rings. The second-order valence-electron chi connectivity index (χ2n) is 5.99. The quantitative estimate of drug-likeness (QED) is 0.550. The van der Waals surface area contributed by atoms with Gasteiger partial charge in [0.15, 0.2) is 0 Å². The molecule has 0 fully saturated rings. The van der Waals surface area contributed by atoms with Crippen molar-refractivity contribution in [2.24, 2.45) is 5.92 Å². The number of esters is 1. The fraction of sp³-hybridized carbons (Fsp3) is 0.529. The van der Waals surface area contributed by atoms with Crippen molar-refractivity contribution in [3.63, 3.8) is 0 Å². The van der Waals surface area contributed by atoms with Crippen LogP contribution in [-0.2, 0) is 14.3 Å². The number of hydrogen-bond donors (Lipinski definition) is 0. The van der Waals surface area contributed by atoms with Crippen LogP contribution in [0.4, 0.5) is 22.0 Å². The predicted octanol–water partition coefficient (Wildman–Crippen LogP) is 4.29. The highest BCUT2D eigenvalue weighted by Gasteiger charge is 2.63. The standard InChI is InChI=1S/C17H18F5NO4/c1-5-26-15(24)12-11(8(2)16(3,27-12)17(20,21)22)9-6-7-10(13(18)19)23-14(9)25-4/h6-8,13H,5H2,1-4H3/t8-,16?/m1/s1. The molecular formula is C17H18F5NO4. The van der Waals surface area contributed by atoms with Crippen LogP contribution in [0.15, 0.2) is 17.9 Å². The Morgan fingerprint density at radius 3 is 2.48 bits per heavy atom. The molecule has 2 atom stereocenters. The van der Waals surface area contributed by atoms with E-state index in [1.54, 1.807) is 0 Å². The number of nitrogens with zero attached hydrogens (tertiary/aromatic N) is 1. The molecule has 0 saturated carbocycles. The van der Waals surface area contributed by atoms with E-state index in [2.05, 4.69) is 4.98 Å². The molecule has 5 nitrogen and oxygen atoms in total. The first-order valence-corrected chi connectivity index (χ1v) is 7.98. The monoisotopic (exact) mass is 395 g/mol. The van der Waals surface area contributed by atoms with Crippen molar-refractivity contribution >= 4 is 11.5 Å². The minimum absolute atomic E-state index is 0.0505. The van der Waals surface area contributed by atoms with Crippen molar-refractivity contribution in [1.29, 1.82) is 0 Å². The van der Waals surface area contributed by atoms with Crippen LogP contribution in [0.1, 0.15) is 38.5 Å². The molecule has 1 aliphatic heterocycles. The van der Waals surface area contributed by atoms with E-state index in [9.17, 15) is 26.7 Å². The number of alkyl halides is 5. The Bertz CT molecular complexity index is 762. The number of carbonyl (C=O) groups is 1. The normalized spacial score (nSPS) is 22.8. The molecule has 0 spiro atoms.